The average molecular weight is 299 g/mol. The number of aliphatic carboxylic acids is 1. The van der Waals surface area contributed by atoms with Gasteiger partial charge in [0, 0.05) is 24.2 Å². The lowest BCUT2D eigenvalue weighted by Crippen LogP contribution is -2.29. The summed E-state index contributed by atoms with van der Waals surface area (Å²) in [4.78, 5) is 25.4. The van der Waals surface area contributed by atoms with E-state index in [2.05, 4.69) is 0 Å². The highest BCUT2D eigenvalue weighted by Crippen LogP contribution is 2.26. The molecule has 0 aliphatic carbocycles. The Morgan fingerprint density at radius 3 is 2.68 bits per heavy atom. The molecule has 1 saturated heterocycles. The molecule has 1 amide bonds. The van der Waals surface area contributed by atoms with E-state index >= 15 is 0 Å². The molecule has 0 radical (unpaired) electrons. The van der Waals surface area contributed by atoms with Gasteiger partial charge in [-0.05, 0) is 29.7 Å². The van der Waals surface area contributed by atoms with Gasteiger partial charge in [-0.15, -0.1) is 0 Å². The molecule has 5 nitrogen and oxygen atoms in total. The molecule has 1 fully saturated rings. The Bertz CT molecular complexity index is 692. The first-order valence-corrected chi connectivity index (χ1v) is 7.21. The number of carboxylic acids is 1. The van der Waals surface area contributed by atoms with E-state index < -0.39 is 11.9 Å². The second-order valence-corrected chi connectivity index (χ2v) is 5.72. The Balaban J connectivity index is 1.81. The minimum atomic E-state index is -0.838. The number of furan rings is 1. The zero-order valence-corrected chi connectivity index (χ0v) is 12.2. The maximum Gasteiger partial charge on any atom is 0.308 e. The fraction of sp³-hybridized carbons (Fsp3) is 0.294. The van der Waals surface area contributed by atoms with Gasteiger partial charge >= 0.3 is 5.97 Å². The van der Waals surface area contributed by atoms with Crippen molar-refractivity contribution in [3.63, 3.8) is 0 Å². The first kappa shape index (κ1) is 14.4. The smallest absolute Gasteiger partial charge is 0.308 e. The van der Waals surface area contributed by atoms with Gasteiger partial charge in [-0.3, -0.25) is 9.59 Å². The Kier molecular flexibility index (Phi) is 3.71. The van der Waals surface area contributed by atoms with Crippen LogP contribution in [0.25, 0.3) is 11.1 Å². The quantitative estimate of drug-likeness (QED) is 0.946. The first-order chi connectivity index (χ1) is 10.6. The summed E-state index contributed by atoms with van der Waals surface area (Å²) in [6, 6.07) is 9.14. The van der Waals surface area contributed by atoms with E-state index in [1.165, 1.54) is 0 Å². The number of likely N-dealkylation sites (tertiary alicyclic amines) is 1. The molecule has 0 saturated carbocycles. The van der Waals surface area contributed by atoms with Crippen LogP contribution in [0.15, 0.2) is 47.3 Å². The Morgan fingerprint density at radius 2 is 2.05 bits per heavy atom. The number of carboxylic acid groups (broad SMARTS) is 1. The predicted octanol–water partition coefficient (Wildman–Crippen LogP) is 2.74. The third-order valence-electron chi connectivity index (χ3n) is 4.18. The fourth-order valence-electron chi connectivity index (χ4n) is 2.90. The fourth-order valence-corrected chi connectivity index (χ4v) is 2.90. The van der Waals surface area contributed by atoms with Crippen molar-refractivity contribution in [2.45, 2.75) is 6.92 Å². The van der Waals surface area contributed by atoms with Crippen LogP contribution in [-0.4, -0.2) is 35.0 Å². The maximum atomic E-state index is 12.6. The normalized spacial score (nSPS) is 21.0. The number of hydrogen-bond acceptors (Lipinski definition) is 3. The number of rotatable bonds is 3. The molecule has 2 heterocycles. The Morgan fingerprint density at radius 1 is 1.23 bits per heavy atom. The third-order valence-corrected chi connectivity index (χ3v) is 4.18. The molecule has 2 atom stereocenters. The minimum Gasteiger partial charge on any atom is -0.481 e. The van der Waals surface area contributed by atoms with Gasteiger partial charge in [-0.1, -0.05) is 19.1 Å². The maximum absolute atomic E-state index is 12.6. The molecule has 114 valence electrons. The molecular weight excluding hydrogens is 282 g/mol. The van der Waals surface area contributed by atoms with Gasteiger partial charge in [0.25, 0.3) is 5.91 Å². The molecule has 0 bridgehead atoms. The van der Waals surface area contributed by atoms with E-state index in [9.17, 15) is 14.7 Å². The lowest BCUT2D eigenvalue weighted by Gasteiger charge is -2.16. The van der Waals surface area contributed by atoms with Crippen molar-refractivity contribution in [1.29, 1.82) is 0 Å². The summed E-state index contributed by atoms with van der Waals surface area (Å²) in [7, 11) is 0. The highest BCUT2D eigenvalue weighted by molar-refractivity contribution is 5.96. The van der Waals surface area contributed by atoms with Crippen molar-refractivity contribution >= 4 is 11.9 Å². The Hall–Kier alpha value is -2.56. The molecule has 2 aromatic rings. The largest absolute Gasteiger partial charge is 0.481 e. The van der Waals surface area contributed by atoms with E-state index in [1.54, 1.807) is 23.5 Å². The molecule has 0 unspecified atom stereocenters. The predicted molar refractivity (Wildman–Crippen MR) is 80.3 cm³/mol. The summed E-state index contributed by atoms with van der Waals surface area (Å²) >= 11 is 0. The lowest BCUT2D eigenvalue weighted by atomic mass is 9.99. The van der Waals surface area contributed by atoms with Crippen LogP contribution in [0.3, 0.4) is 0 Å². The summed E-state index contributed by atoms with van der Waals surface area (Å²) in [5, 5.41) is 9.17. The molecule has 1 aliphatic heterocycles. The van der Waals surface area contributed by atoms with Gasteiger partial charge in [0.1, 0.15) is 0 Å². The highest BCUT2D eigenvalue weighted by atomic mass is 16.4. The van der Waals surface area contributed by atoms with Gasteiger partial charge in [0.05, 0.1) is 18.4 Å². The summed E-state index contributed by atoms with van der Waals surface area (Å²) in [6.45, 7) is 2.62. The zero-order valence-electron chi connectivity index (χ0n) is 12.2. The second-order valence-electron chi connectivity index (χ2n) is 5.72. The molecule has 1 aromatic carbocycles. The van der Waals surface area contributed by atoms with Crippen LogP contribution in [0.2, 0.25) is 0 Å². The number of nitrogens with zero attached hydrogens (tertiary/aromatic N) is 1. The minimum absolute atomic E-state index is 0.0292. The van der Waals surface area contributed by atoms with Crippen LogP contribution in [0, 0.1) is 11.8 Å². The van der Waals surface area contributed by atoms with E-state index in [-0.39, 0.29) is 18.4 Å². The monoisotopic (exact) mass is 299 g/mol. The number of hydrogen-bond donors (Lipinski definition) is 1. The molecule has 22 heavy (non-hydrogen) atoms. The van der Waals surface area contributed by atoms with Gasteiger partial charge < -0.3 is 14.4 Å². The molecule has 0 spiro atoms. The summed E-state index contributed by atoms with van der Waals surface area (Å²) in [6.07, 6.45) is 3.21. The average Bonchev–Trinajstić information content (AvgIpc) is 3.16. The number of carbonyl (C=O) groups excluding carboxylic acids is 1. The standard InChI is InChI=1S/C17H17NO4/c1-11-8-18(9-15(11)17(20)21)16(19)13-4-2-3-12(7-13)14-5-6-22-10-14/h2-7,10-11,15H,8-9H2,1H3,(H,20,21)/t11-,15-/m1/s1. The Labute approximate surface area is 128 Å². The van der Waals surface area contributed by atoms with Crippen LogP contribution >= 0.6 is 0 Å². The summed E-state index contributed by atoms with van der Waals surface area (Å²) in [5.74, 6) is -1.48. The van der Waals surface area contributed by atoms with Crippen molar-refractivity contribution in [2.75, 3.05) is 13.1 Å². The molecule has 1 N–H and O–H groups in total. The van der Waals surface area contributed by atoms with E-state index in [0.29, 0.717) is 12.1 Å². The lowest BCUT2D eigenvalue weighted by molar-refractivity contribution is -0.142. The van der Waals surface area contributed by atoms with Crippen molar-refractivity contribution in [3.8, 4) is 11.1 Å². The zero-order chi connectivity index (χ0) is 15.7. The summed E-state index contributed by atoms with van der Waals surface area (Å²) in [5.41, 5.74) is 2.38. The third kappa shape index (κ3) is 2.62. The van der Waals surface area contributed by atoms with Gasteiger partial charge in [-0.2, -0.15) is 0 Å². The topological polar surface area (TPSA) is 70.8 Å². The van der Waals surface area contributed by atoms with E-state index in [4.69, 9.17) is 4.42 Å². The van der Waals surface area contributed by atoms with Crippen LogP contribution in [0.4, 0.5) is 0 Å². The van der Waals surface area contributed by atoms with Gasteiger partial charge in [0.15, 0.2) is 0 Å². The van der Waals surface area contributed by atoms with E-state index in [0.717, 1.165) is 11.1 Å². The van der Waals surface area contributed by atoms with Crippen LogP contribution in [0.5, 0.6) is 0 Å². The SMILES string of the molecule is C[C@@H]1CN(C(=O)c2cccc(-c3ccoc3)c2)C[C@H]1C(=O)O. The molecule has 3 rings (SSSR count). The molecular formula is C17H17NO4. The van der Waals surface area contributed by atoms with Gasteiger partial charge in [0.2, 0.25) is 0 Å². The summed E-state index contributed by atoms with van der Waals surface area (Å²) < 4.78 is 5.06. The van der Waals surface area contributed by atoms with E-state index in [1.807, 2.05) is 31.2 Å². The second kappa shape index (κ2) is 5.67. The van der Waals surface area contributed by atoms with Crippen molar-refractivity contribution in [2.24, 2.45) is 11.8 Å². The van der Waals surface area contributed by atoms with Crippen LogP contribution < -0.4 is 0 Å². The van der Waals surface area contributed by atoms with Gasteiger partial charge in [-0.25, -0.2) is 0 Å². The number of benzene rings is 1. The first-order valence-electron chi connectivity index (χ1n) is 7.21. The molecule has 1 aromatic heterocycles. The van der Waals surface area contributed by atoms with Crippen molar-refractivity contribution in [1.82, 2.24) is 4.90 Å². The van der Waals surface area contributed by atoms with Crippen molar-refractivity contribution in [3.05, 3.63) is 48.4 Å². The van der Waals surface area contributed by atoms with Crippen molar-refractivity contribution < 1.29 is 19.1 Å². The van der Waals surface area contributed by atoms with Crippen LogP contribution in [-0.2, 0) is 4.79 Å². The molecule has 1 aliphatic rings. The number of amides is 1. The number of carbonyl (C=O) groups is 2. The highest BCUT2D eigenvalue weighted by Gasteiger charge is 2.37. The van der Waals surface area contributed by atoms with Crippen LogP contribution in [0.1, 0.15) is 17.3 Å². The molecule has 5 heteroatoms.